The third kappa shape index (κ3) is 7.76. The highest BCUT2D eigenvalue weighted by Crippen LogP contribution is 2.29. The van der Waals surface area contributed by atoms with Crippen LogP contribution in [-0.4, -0.2) is 62.0 Å². The maximum absolute atomic E-state index is 13.2. The highest BCUT2D eigenvalue weighted by atomic mass is 35.5. The lowest BCUT2D eigenvalue weighted by molar-refractivity contribution is 0.0952. The number of benzene rings is 3. The van der Waals surface area contributed by atoms with Gasteiger partial charge >= 0.3 is 6.03 Å². The average Bonchev–Trinajstić information content (AvgIpc) is 3.20. The molecule has 1 fully saturated rings. The maximum atomic E-state index is 13.2. The lowest BCUT2D eigenvalue weighted by atomic mass is 10.1. The molecule has 0 unspecified atom stereocenters. The van der Waals surface area contributed by atoms with Crippen LogP contribution in [0.2, 0.25) is 5.02 Å². The Morgan fingerprint density at radius 2 is 1.62 bits per heavy atom. The Balaban J connectivity index is 1.52. The van der Waals surface area contributed by atoms with E-state index in [9.17, 15) is 14.4 Å². The Kier molecular flexibility index (Phi) is 10.0. The highest BCUT2D eigenvalue weighted by molar-refractivity contribution is 6.31. The van der Waals surface area contributed by atoms with Gasteiger partial charge < -0.3 is 25.8 Å². The van der Waals surface area contributed by atoms with Gasteiger partial charge in [-0.15, -0.1) is 0 Å². The lowest BCUT2D eigenvalue weighted by Crippen LogP contribution is -2.42. The molecular weight excluding hydrogens is 526 g/mol. The zero-order chi connectivity index (χ0) is 28.5. The molecule has 0 aliphatic carbocycles. The number of carbonyl (C=O) groups is 3. The molecule has 4 amide bonds. The van der Waals surface area contributed by atoms with Crippen molar-refractivity contribution in [3.8, 4) is 0 Å². The van der Waals surface area contributed by atoms with Crippen LogP contribution in [0.1, 0.15) is 45.2 Å². The van der Waals surface area contributed by atoms with E-state index in [2.05, 4.69) is 45.1 Å². The highest BCUT2D eigenvalue weighted by Gasteiger charge is 2.22. The summed E-state index contributed by atoms with van der Waals surface area (Å²) in [5.74, 6) is -0.533. The first-order chi connectivity index (χ1) is 19.3. The maximum Gasteiger partial charge on any atom is 0.317 e. The molecule has 9 heteroatoms. The van der Waals surface area contributed by atoms with E-state index in [1.165, 1.54) is 5.56 Å². The number of hydrogen-bond acceptors (Lipinski definition) is 4. The van der Waals surface area contributed by atoms with Crippen molar-refractivity contribution >= 4 is 40.8 Å². The molecule has 1 saturated heterocycles. The Bertz CT molecular complexity index is 1350. The second kappa shape index (κ2) is 13.8. The number of hydrogen-bond donors (Lipinski definition) is 3. The average molecular weight is 562 g/mol. The molecule has 210 valence electrons. The van der Waals surface area contributed by atoms with Gasteiger partial charge in [0, 0.05) is 55.4 Å². The molecule has 3 aromatic rings. The number of urea groups is 1. The number of rotatable bonds is 8. The van der Waals surface area contributed by atoms with Crippen LogP contribution in [0.3, 0.4) is 0 Å². The number of aryl methyl sites for hydroxylation is 1. The van der Waals surface area contributed by atoms with Crippen LogP contribution in [0.25, 0.3) is 0 Å². The summed E-state index contributed by atoms with van der Waals surface area (Å²) in [5, 5.41) is 9.31. The van der Waals surface area contributed by atoms with Crippen LogP contribution in [0.15, 0.2) is 66.7 Å². The Morgan fingerprint density at radius 3 is 2.38 bits per heavy atom. The molecule has 4 rings (SSSR count). The molecule has 0 atom stereocenters. The van der Waals surface area contributed by atoms with Gasteiger partial charge in [0.15, 0.2) is 0 Å². The summed E-state index contributed by atoms with van der Waals surface area (Å²) in [4.78, 5) is 42.6. The third-order valence-corrected chi connectivity index (χ3v) is 7.10. The van der Waals surface area contributed by atoms with E-state index in [1.54, 1.807) is 36.4 Å². The first-order valence-electron chi connectivity index (χ1n) is 13.7. The first-order valence-corrected chi connectivity index (χ1v) is 14.0. The zero-order valence-electron chi connectivity index (χ0n) is 23.0. The minimum absolute atomic E-state index is 0.0727. The van der Waals surface area contributed by atoms with Gasteiger partial charge in [-0.2, -0.15) is 0 Å². The van der Waals surface area contributed by atoms with E-state index < -0.39 is 0 Å². The quantitative estimate of drug-likeness (QED) is 0.356. The molecule has 40 heavy (non-hydrogen) atoms. The van der Waals surface area contributed by atoms with E-state index in [0.717, 1.165) is 24.1 Å². The monoisotopic (exact) mass is 561 g/mol. The van der Waals surface area contributed by atoms with E-state index in [1.807, 2.05) is 24.8 Å². The number of nitrogens with zero attached hydrogens (tertiary/aromatic N) is 2. The lowest BCUT2D eigenvalue weighted by Gasteiger charge is -2.26. The fourth-order valence-electron chi connectivity index (χ4n) is 4.68. The summed E-state index contributed by atoms with van der Waals surface area (Å²) in [6, 6.07) is 20.3. The van der Waals surface area contributed by atoms with Gasteiger partial charge in [-0.1, -0.05) is 47.5 Å². The van der Waals surface area contributed by atoms with Crippen LogP contribution in [0.4, 0.5) is 16.2 Å². The largest absolute Gasteiger partial charge is 0.368 e. The molecule has 1 heterocycles. The minimum Gasteiger partial charge on any atom is -0.368 e. The molecule has 1 aliphatic heterocycles. The van der Waals surface area contributed by atoms with Crippen molar-refractivity contribution in [1.29, 1.82) is 0 Å². The topological polar surface area (TPSA) is 93.8 Å². The van der Waals surface area contributed by atoms with Crippen LogP contribution < -0.4 is 20.9 Å². The van der Waals surface area contributed by atoms with Gasteiger partial charge in [0.2, 0.25) is 0 Å². The number of amides is 4. The molecule has 3 aromatic carbocycles. The molecule has 0 bridgehead atoms. The summed E-state index contributed by atoms with van der Waals surface area (Å²) < 4.78 is 0. The SMILES string of the molecule is CCNC(=O)N1CCCN(c2ccc(C(=O)NCCc3ccc(C)cc3)cc2NC(=O)c2cccc(Cl)c2)CC1. The van der Waals surface area contributed by atoms with Crippen molar-refractivity contribution in [2.75, 3.05) is 49.5 Å². The summed E-state index contributed by atoms with van der Waals surface area (Å²) in [5.41, 5.74) is 4.55. The fraction of sp³-hybridized carbons (Fsp3) is 0.323. The first kappa shape index (κ1) is 29.0. The Labute approximate surface area is 240 Å². The molecule has 0 spiro atoms. The molecule has 0 aromatic heterocycles. The van der Waals surface area contributed by atoms with Crippen LogP contribution in [0.5, 0.6) is 0 Å². The predicted molar refractivity (Wildman–Crippen MR) is 161 cm³/mol. The van der Waals surface area contributed by atoms with Gasteiger partial charge in [-0.05, 0) is 68.7 Å². The standard InChI is InChI=1S/C31H36ClN5O3/c1-3-33-31(40)37-17-5-16-36(18-19-37)28-13-12-25(29(38)34-15-14-23-10-8-22(2)9-11-23)21-27(28)35-30(39)24-6-4-7-26(32)20-24/h4,6-13,20-21H,3,5,14-19H2,1-2H3,(H,33,40)(H,34,38)(H,35,39). The van der Waals surface area contributed by atoms with Gasteiger partial charge in [0.05, 0.1) is 11.4 Å². The molecule has 8 nitrogen and oxygen atoms in total. The Hall–Kier alpha value is -4.04. The van der Waals surface area contributed by atoms with Crippen molar-refractivity contribution in [1.82, 2.24) is 15.5 Å². The Morgan fingerprint density at radius 1 is 0.850 bits per heavy atom. The van der Waals surface area contributed by atoms with Crippen molar-refractivity contribution in [2.45, 2.75) is 26.7 Å². The third-order valence-electron chi connectivity index (χ3n) is 6.87. The smallest absolute Gasteiger partial charge is 0.317 e. The summed E-state index contributed by atoms with van der Waals surface area (Å²) in [6.07, 6.45) is 1.50. The van der Waals surface area contributed by atoms with E-state index in [0.29, 0.717) is 61.1 Å². The van der Waals surface area contributed by atoms with Crippen LogP contribution >= 0.6 is 11.6 Å². The minimum atomic E-state index is -0.320. The number of carbonyl (C=O) groups excluding carboxylic acids is 3. The van der Waals surface area contributed by atoms with E-state index >= 15 is 0 Å². The summed E-state index contributed by atoms with van der Waals surface area (Å²) >= 11 is 6.11. The van der Waals surface area contributed by atoms with Crippen molar-refractivity contribution in [3.05, 3.63) is 94.0 Å². The fourth-order valence-corrected chi connectivity index (χ4v) is 4.87. The molecule has 0 saturated carbocycles. The molecule has 0 radical (unpaired) electrons. The predicted octanol–water partition coefficient (Wildman–Crippen LogP) is 5.11. The number of anilines is 2. The molecular formula is C31H36ClN5O3. The summed E-state index contributed by atoms with van der Waals surface area (Å²) in [7, 11) is 0. The van der Waals surface area contributed by atoms with Gasteiger partial charge in [-0.3, -0.25) is 9.59 Å². The van der Waals surface area contributed by atoms with Crippen molar-refractivity contribution < 1.29 is 14.4 Å². The molecule has 3 N–H and O–H groups in total. The van der Waals surface area contributed by atoms with Crippen molar-refractivity contribution in [2.24, 2.45) is 0 Å². The second-order valence-electron chi connectivity index (χ2n) is 9.85. The van der Waals surface area contributed by atoms with Gasteiger partial charge in [0.1, 0.15) is 0 Å². The van der Waals surface area contributed by atoms with Gasteiger partial charge in [-0.25, -0.2) is 4.79 Å². The van der Waals surface area contributed by atoms with Crippen LogP contribution in [-0.2, 0) is 6.42 Å². The van der Waals surface area contributed by atoms with Crippen molar-refractivity contribution in [3.63, 3.8) is 0 Å². The van der Waals surface area contributed by atoms with Crippen LogP contribution in [0, 0.1) is 6.92 Å². The van der Waals surface area contributed by atoms with E-state index in [4.69, 9.17) is 11.6 Å². The second-order valence-corrected chi connectivity index (χ2v) is 10.3. The number of halogens is 1. The summed E-state index contributed by atoms with van der Waals surface area (Å²) in [6.45, 7) is 7.52. The zero-order valence-corrected chi connectivity index (χ0v) is 23.8. The normalized spacial score (nSPS) is 13.4. The molecule has 1 aliphatic rings. The van der Waals surface area contributed by atoms with E-state index in [-0.39, 0.29) is 17.8 Å². The van der Waals surface area contributed by atoms with Gasteiger partial charge in [0.25, 0.3) is 11.8 Å². The number of nitrogens with one attached hydrogen (secondary N) is 3.